The molecule has 4 nitrogen and oxygen atoms in total. The molecule has 0 fully saturated rings. The molecule has 1 unspecified atom stereocenters. The summed E-state index contributed by atoms with van der Waals surface area (Å²) in [4.78, 5) is 5.33. The molecule has 2 aromatic rings. The Morgan fingerprint density at radius 2 is 2.47 bits per heavy atom. The molecule has 1 N–H and O–H groups in total. The van der Waals surface area contributed by atoms with Crippen molar-refractivity contribution in [2.45, 2.75) is 19.5 Å². The zero-order valence-electron chi connectivity index (χ0n) is 8.84. The summed E-state index contributed by atoms with van der Waals surface area (Å²) >= 11 is 1.68. The molecule has 0 aliphatic heterocycles. The van der Waals surface area contributed by atoms with Crippen LogP contribution < -0.4 is 5.32 Å². The van der Waals surface area contributed by atoms with Crippen molar-refractivity contribution in [3.8, 4) is 0 Å². The van der Waals surface area contributed by atoms with Crippen molar-refractivity contribution >= 4 is 11.3 Å². The third-order valence-corrected chi connectivity index (χ3v) is 3.35. The molecule has 5 heteroatoms. The van der Waals surface area contributed by atoms with Crippen molar-refractivity contribution in [2.75, 3.05) is 0 Å². The van der Waals surface area contributed by atoms with Gasteiger partial charge in [-0.1, -0.05) is 0 Å². The Labute approximate surface area is 93.0 Å². The molecule has 80 valence electrons. The molecule has 0 aromatic carbocycles. The summed E-state index contributed by atoms with van der Waals surface area (Å²) in [7, 11) is 1.95. The average molecular weight is 222 g/mol. The van der Waals surface area contributed by atoms with Gasteiger partial charge in [0.25, 0.3) is 0 Å². The van der Waals surface area contributed by atoms with Crippen LogP contribution in [0.25, 0.3) is 0 Å². The van der Waals surface area contributed by atoms with Gasteiger partial charge in [-0.05, 0) is 13.0 Å². The van der Waals surface area contributed by atoms with Crippen LogP contribution in [0.3, 0.4) is 0 Å². The molecule has 15 heavy (non-hydrogen) atoms. The van der Waals surface area contributed by atoms with E-state index in [4.69, 9.17) is 0 Å². The second kappa shape index (κ2) is 4.55. The number of thiazole rings is 1. The molecular weight excluding hydrogens is 208 g/mol. The molecule has 2 aromatic heterocycles. The molecule has 0 aliphatic rings. The molecule has 0 spiro atoms. The number of aryl methyl sites for hydroxylation is 1. The van der Waals surface area contributed by atoms with Crippen LogP contribution in [0, 0.1) is 0 Å². The van der Waals surface area contributed by atoms with E-state index in [0.717, 1.165) is 6.54 Å². The van der Waals surface area contributed by atoms with Crippen molar-refractivity contribution < 1.29 is 0 Å². The molecule has 2 heterocycles. The Kier molecular flexibility index (Phi) is 3.13. The van der Waals surface area contributed by atoms with Gasteiger partial charge >= 0.3 is 0 Å². The molecule has 2 rings (SSSR count). The predicted molar refractivity (Wildman–Crippen MR) is 60.6 cm³/mol. The van der Waals surface area contributed by atoms with Gasteiger partial charge < -0.3 is 5.32 Å². The summed E-state index contributed by atoms with van der Waals surface area (Å²) in [6.45, 7) is 2.97. The first-order valence-electron chi connectivity index (χ1n) is 4.86. The average Bonchev–Trinajstić information content (AvgIpc) is 2.85. The number of hydrogen-bond donors (Lipinski definition) is 1. The molecule has 0 bridgehead atoms. The largest absolute Gasteiger partial charge is 0.304 e. The van der Waals surface area contributed by atoms with E-state index in [1.54, 1.807) is 11.3 Å². The minimum Gasteiger partial charge on any atom is -0.304 e. The maximum atomic E-state index is 4.12. The minimum atomic E-state index is 0.340. The van der Waals surface area contributed by atoms with E-state index in [9.17, 15) is 0 Å². The standard InChI is InChI=1S/C10H14N4S/c1-8(10-6-11-7-15-10)12-5-9-3-4-13-14(9)2/h3-4,6-8,12H,5H2,1-2H3. The first kappa shape index (κ1) is 10.3. The highest BCUT2D eigenvalue weighted by atomic mass is 32.1. The number of nitrogens with one attached hydrogen (secondary N) is 1. The SMILES string of the molecule is CC(NCc1ccnn1C)c1cncs1. The van der Waals surface area contributed by atoms with Crippen LogP contribution in [0.15, 0.2) is 24.0 Å². The number of hydrogen-bond acceptors (Lipinski definition) is 4. The number of nitrogens with zero attached hydrogens (tertiary/aromatic N) is 3. The number of rotatable bonds is 4. The summed E-state index contributed by atoms with van der Waals surface area (Å²) in [6.07, 6.45) is 3.72. The summed E-state index contributed by atoms with van der Waals surface area (Å²) in [5.74, 6) is 0. The van der Waals surface area contributed by atoms with Crippen molar-refractivity contribution in [1.29, 1.82) is 0 Å². The van der Waals surface area contributed by atoms with Crippen LogP contribution >= 0.6 is 11.3 Å². The maximum Gasteiger partial charge on any atom is 0.0794 e. The first-order chi connectivity index (χ1) is 7.27. The van der Waals surface area contributed by atoms with E-state index in [1.807, 2.05) is 35.7 Å². The summed E-state index contributed by atoms with van der Waals surface area (Å²) in [6, 6.07) is 2.36. The second-order valence-corrected chi connectivity index (χ2v) is 4.37. The monoisotopic (exact) mass is 222 g/mol. The van der Waals surface area contributed by atoms with Gasteiger partial charge in [0.05, 0.1) is 11.2 Å². The van der Waals surface area contributed by atoms with Gasteiger partial charge in [0.1, 0.15) is 0 Å². The van der Waals surface area contributed by atoms with Crippen LogP contribution in [0.1, 0.15) is 23.5 Å². The molecule has 0 aliphatic carbocycles. The third kappa shape index (κ3) is 2.43. The van der Waals surface area contributed by atoms with Crippen molar-refractivity contribution in [3.05, 3.63) is 34.5 Å². The Morgan fingerprint density at radius 1 is 1.60 bits per heavy atom. The van der Waals surface area contributed by atoms with Crippen LogP contribution in [0.5, 0.6) is 0 Å². The van der Waals surface area contributed by atoms with E-state index in [-0.39, 0.29) is 0 Å². The summed E-state index contributed by atoms with van der Waals surface area (Å²) in [5.41, 5.74) is 3.05. The molecule has 0 saturated heterocycles. The smallest absolute Gasteiger partial charge is 0.0794 e. The van der Waals surface area contributed by atoms with Gasteiger partial charge in [0.15, 0.2) is 0 Å². The van der Waals surface area contributed by atoms with Crippen LogP contribution in [0.2, 0.25) is 0 Å². The van der Waals surface area contributed by atoms with Crippen molar-refractivity contribution in [3.63, 3.8) is 0 Å². The van der Waals surface area contributed by atoms with Crippen LogP contribution in [0.4, 0.5) is 0 Å². The Bertz CT molecular complexity index is 407. The van der Waals surface area contributed by atoms with Crippen molar-refractivity contribution in [1.82, 2.24) is 20.1 Å². The first-order valence-corrected chi connectivity index (χ1v) is 5.74. The maximum absolute atomic E-state index is 4.12. The zero-order chi connectivity index (χ0) is 10.7. The van der Waals surface area contributed by atoms with Gasteiger partial charge in [0, 0.05) is 36.9 Å². The fourth-order valence-electron chi connectivity index (χ4n) is 1.37. The van der Waals surface area contributed by atoms with Gasteiger partial charge in [0.2, 0.25) is 0 Å². The lowest BCUT2D eigenvalue weighted by Gasteiger charge is -2.11. The lowest BCUT2D eigenvalue weighted by atomic mass is 10.3. The van der Waals surface area contributed by atoms with Gasteiger partial charge in [-0.15, -0.1) is 11.3 Å². The zero-order valence-corrected chi connectivity index (χ0v) is 9.66. The molecule has 0 amide bonds. The second-order valence-electron chi connectivity index (χ2n) is 3.45. The Balaban J connectivity index is 1.91. The summed E-state index contributed by atoms with van der Waals surface area (Å²) < 4.78 is 1.88. The molecule has 0 radical (unpaired) electrons. The third-order valence-electron chi connectivity index (χ3n) is 2.39. The fourth-order valence-corrected chi connectivity index (χ4v) is 2.03. The number of aromatic nitrogens is 3. The van der Waals surface area contributed by atoms with E-state index in [1.165, 1.54) is 10.6 Å². The van der Waals surface area contributed by atoms with Crippen molar-refractivity contribution in [2.24, 2.45) is 7.05 Å². The predicted octanol–water partition coefficient (Wildman–Crippen LogP) is 1.73. The Hall–Kier alpha value is -1.20. The van der Waals surface area contributed by atoms with E-state index >= 15 is 0 Å². The molecule has 1 atom stereocenters. The lowest BCUT2D eigenvalue weighted by molar-refractivity contribution is 0.554. The quantitative estimate of drug-likeness (QED) is 0.856. The molecular formula is C10H14N4S. The highest BCUT2D eigenvalue weighted by Crippen LogP contribution is 2.16. The normalized spacial score (nSPS) is 12.9. The van der Waals surface area contributed by atoms with E-state index in [2.05, 4.69) is 22.3 Å². The van der Waals surface area contributed by atoms with E-state index < -0.39 is 0 Å². The topological polar surface area (TPSA) is 42.7 Å². The summed E-state index contributed by atoms with van der Waals surface area (Å²) in [5, 5.41) is 7.56. The highest BCUT2D eigenvalue weighted by Gasteiger charge is 2.07. The van der Waals surface area contributed by atoms with Crippen LogP contribution in [-0.2, 0) is 13.6 Å². The van der Waals surface area contributed by atoms with Gasteiger partial charge in [-0.25, -0.2) is 0 Å². The van der Waals surface area contributed by atoms with E-state index in [0.29, 0.717) is 6.04 Å². The van der Waals surface area contributed by atoms with Gasteiger partial charge in [-0.2, -0.15) is 5.10 Å². The Morgan fingerprint density at radius 3 is 3.07 bits per heavy atom. The molecule has 0 saturated carbocycles. The minimum absolute atomic E-state index is 0.340. The lowest BCUT2D eigenvalue weighted by Crippen LogP contribution is -2.19. The van der Waals surface area contributed by atoms with Gasteiger partial charge in [-0.3, -0.25) is 9.67 Å². The highest BCUT2D eigenvalue weighted by molar-refractivity contribution is 7.09. The van der Waals surface area contributed by atoms with Crippen LogP contribution in [-0.4, -0.2) is 14.8 Å². The fraction of sp³-hybridized carbons (Fsp3) is 0.400.